The van der Waals surface area contributed by atoms with Crippen LogP contribution in [0.15, 0.2) is 30.6 Å². The number of anilines is 1. The van der Waals surface area contributed by atoms with E-state index >= 15 is 0 Å². The van der Waals surface area contributed by atoms with Gasteiger partial charge in [0.25, 0.3) is 0 Å². The lowest BCUT2D eigenvalue weighted by Crippen LogP contribution is -2.26. The molecule has 20 heavy (non-hydrogen) atoms. The quantitative estimate of drug-likeness (QED) is 0.873. The van der Waals surface area contributed by atoms with Crippen molar-refractivity contribution in [2.24, 2.45) is 13.0 Å². The molecule has 6 heteroatoms. The van der Waals surface area contributed by atoms with Gasteiger partial charge in [-0.1, -0.05) is 29.8 Å². The summed E-state index contributed by atoms with van der Waals surface area (Å²) in [6.45, 7) is 3.99. The van der Waals surface area contributed by atoms with Crippen LogP contribution in [0.3, 0.4) is 0 Å². The molecule has 1 aromatic carbocycles. The van der Waals surface area contributed by atoms with Crippen LogP contribution < -0.4 is 5.32 Å². The van der Waals surface area contributed by atoms with Crippen LogP contribution in [-0.4, -0.2) is 25.5 Å². The van der Waals surface area contributed by atoms with Gasteiger partial charge in [0.2, 0.25) is 5.91 Å². The summed E-state index contributed by atoms with van der Waals surface area (Å²) >= 11 is 3.39. The molecule has 2 rings (SSSR count). The molecule has 1 heterocycles. The number of halogens is 1. The zero-order valence-electron chi connectivity index (χ0n) is 11.7. The van der Waals surface area contributed by atoms with Gasteiger partial charge >= 0.3 is 0 Å². The van der Waals surface area contributed by atoms with Gasteiger partial charge in [0.15, 0.2) is 5.82 Å². The summed E-state index contributed by atoms with van der Waals surface area (Å²) in [5.74, 6) is 1.00. The summed E-state index contributed by atoms with van der Waals surface area (Å²) in [5, 5.41) is 10.8. The van der Waals surface area contributed by atoms with Crippen molar-refractivity contribution in [3.8, 4) is 11.4 Å². The second-order valence-electron chi connectivity index (χ2n) is 4.98. The molecule has 1 unspecified atom stereocenters. The third-order valence-electron chi connectivity index (χ3n) is 2.96. The molecule has 0 spiro atoms. The minimum Gasteiger partial charge on any atom is -0.325 e. The molecule has 106 valence electrons. The highest BCUT2D eigenvalue weighted by atomic mass is 79.9. The zero-order chi connectivity index (χ0) is 14.7. The van der Waals surface area contributed by atoms with Crippen LogP contribution in [0.25, 0.3) is 11.4 Å². The van der Waals surface area contributed by atoms with E-state index in [1.807, 2.05) is 49.7 Å². The van der Waals surface area contributed by atoms with Gasteiger partial charge in [0, 0.05) is 18.3 Å². The molecule has 1 atom stereocenters. The number of carbonyl (C=O) groups is 1. The topological polar surface area (TPSA) is 59.8 Å². The van der Waals surface area contributed by atoms with E-state index in [4.69, 9.17) is 0 Å². The first-order valence-electron chi connectivity index (χ1n) is 6.38. The minimum atomic E-state index is -0.194. The van der Waals surface area contributed by atoms with Gasteiger partial charge in [-0.25, -0.2) is 0 Å². The van der Waals surface area contributed by atoms with E-state index < -0.39 is 0 Å². The highest BCUT2D eigenvalue weighted by molar-refractivity contribution is 9.10. The van der Waals surface area contributed by atoms with Crippen LogP contribution in [0.5, 0.6) is 0 Å². The Morgan fingerprint density at radius 2 is 1.95 bits per heavy atom. The summed E-state index contributed by atoms with van der Waals surface area (Å²) in [5.41, 5.74) is 1.73. The molecule has 0 bridgehead atoms. The van der Waals surface area contributed by atoms with Crippen LogP contribution in [0.2, 0.25) is 0 Å². The monoisotopic (exact) mass is 336 g/mol. The van der Waals surface area contributed by atoms with Gasteiger partial charge in [-0.3, -0.25) is 4.79 Å². The Balaban J connectivity index is 2.10. The molecule has 1 aromatic heterocycles. The van der Waals surface area contributed by atoms with Gasteiger partial charge in [-0.2, -0.15) is 0 Å². The first-order chi connectivity index (χ1) is 9.49. The number of nitrogens with zero attached hydrogens (tertiary/aromatic N) is 3. The maximum Gasteiger partial charge on any atom is 0.238 e. The molecule has 0 radical (unpaired) electrons. The number of alkyl halides is 1. The highest BCUT2D eigenvalue weighted by Gasteiger charge is 2.18. The lowest BCUT2D eigenvalue weighted by Gasteiger charge is -2.14. The van der Waals surface area contributed by atoms with Crippen LogP contribution in [0.4, 0.5) is 5.69 Å². The van der Waals surface area contributed by atoms with Crippen molar-refractivity contribution in [2.45, 2.75) is 18.7 Å². The first-order valence-corrected chi connectivity index (χ1v) is 7.30. The molecule has 0 saturated carbocycles. The molecule has 0 fully saturated rings. The van der Waals surface area contributed by atoms with Crippen LogP contribution >= 0.6 is 15.9 Å². The molecular weight excluding hydrogens is 320 g/mol. The number of hydrogen-bond acceptors (Lipinski definition) is 3. The molecule has 1 amide bonds. The van der Waals surface area contributed by atoms with Crippen LogP contribution in [0, 0.1) is 5.92 Å². The average Bonchev–Trinajstić information content (AvgIpc) is 2.85. The van der Waals surface area contributed by atoms with Gasteiger partial charge < -0.3 is 9.88 Å². The largest absolute Gasteiger partial charge is 0.325 e. The molecule has 2 aromatic rings. The number of aromatic nitrogens is 3. The predicted molar refractivity (Wildman–Crippen MR) is 82.6 cm³/mol. The number of hydrogen-bond donors (Lipinski definition) is 1. The molecule has 5 nitrogen and oxygen atoms in total. The van der Waals surface area contributed by atoms with Gasteiger partial charge in [0.05, 0.1) is 4.83 Å². The highest BCUT2D eigenvalue weighted by Crippen LogP contribution is 2.20. The van der Waals surface area contributed by atoms with E-state index in [0.29, 0.717) is 0 Å². The smallest absolute Gasteiger partial charge is 0.238 e. The molecule has 0 aliphatic heterocycles. The standard InChI is InChI=1S/C14H17BrN4O/c1-9(2)12(15)14(20)17-11-6-4-10(5-7-11)13-18-16-8-19(13)3/h4-9,12H,1-3H3,(H,17,20). The number of benzene rings is 1. The molecule has 0 aliphatic carbocycles. The average molecular weight is 337 g/mol. The fraction of sp³-hybridized carbons (Fsp3) is 0.357. The van der Waals surface area contributed by atoms with Crippen molar-refractivity contribution >= 4 is 27.5 Å². The van der Waals surface area contributed by atoms with Crippen LogP contribution in [-0.2, 0) is 11.8 Å². The summed E-state index contributed by atoms with van der Waals surface area (Å²) in [6, 6.07) is 7.56. The van der Waals surface area contributed by atoms with Crippen molar-refractivity contribution in [1.29, 1.82) is 0 Å². The molecular formula is C14H17BrN4O. The zero-order valence-corrected chi connectivity index (χ0v) is 13.3. The van der Waals surface area contributed by atoms with E-state index in [9.17, 15) is 4.79 Å². The van der Waals surface area contributed by atoms with Gasteiger partial charge in [-0.05, 0) is 30.2 Å². The fourth-order valence-corrected chi connectivity index (χ4v) is 1.88. The second kappa shape index (κ2) is 6.17. The minimum absolute atomic E-state index is 0.0357. The Hall–Kier alpha value is -1.69. The van der Waals surface area contributed by atoms with E-state index in [2.05, 4.69) is 31.4 Å². The van der Waals surface area contributed by atoms with E-state index in [1.165, 1.54) is 0 Å². The van der Waals surface area contributed by atoms with Crippen LogP contribution in [0.1, 0.15) is 13.8 Å². The first kappa shape index (κ1) is 14.7. The lowest BCUT2D eigenvalue weighted by molar-refractivity contribution is -0.116. The van der Waals surface area contributed by atoms with Gasteiger partial charge in [-0.15, -0.1) is 10.2 Å². The van der Waals surface area contributed by atoms with Gasteiger partial charge in [0.1, 0.15) is 6.33 Å². The Morgan fingerprint density at radius 3 is 2.45 bits per heavy atom. The van der Waals surface area contributed by atoms with E-state index in [0.717, 1.165) is 17.1 Å². The normalized spacial score (nSPS) is 12.4. The predicted octanol–water partition coefficient (Wildman–Crippen LogP) is 2.84. The van der Waals surface area contributed by atoms with Crippen molar-refractivity contribution in [3.05, 3.63) is 30.6 Å². The summed E-state index contributed by atoms with van der Waals surface area (Å²) in [6.07, 6.45) is 1.66. The SMILES string of the molecule is CC(C)C(Br)C(=O)Nc1ccc(-c2nncn2C)cc1. The number of carbonyl (C=O) groups excluding carboxylic acids is 1. The Bertz CT molecular complexity index is 591. The van der Waals surface area contributed by atoms with E-state index in [1.54, 1.807) is 6.33 Å². The summed E-state index contributed by atoms with van der Waals surface area (Å²) in [4.78, 5) is 11.7. The third kappa shape index (κ3) is 3.25. The number of amides is 1. The Morgan fingerprint density at radius 1 is 1.30 bits per heavy atom. The Kier molecular flexibility index (Phi) is 4.54. The van der Waals surface area contributed by atoms with Crippen molar-refractivity contribution in [3.63, 3.8) is 0 Å². The molecule has 0 saturated heterocycles. The number of nitrogens with one attached hydrogen (secondary N) is 1. The second-order valence-corrected chi connectivity index (χ2v) is 5.96. The maximum absolute atomic E-state index is 11.9. The molecule has 0 aliphatic rings. The third-order valence-corrected chi connectivity index (χ3v) is 4.43. The maximum atomic E-state index is 11.9. The summed E-state index contributed by atoms with van der Waals surface area (Å²) in [7, 11) is 1.89. The summed E-state index contributed by atoms with van der Waals surface area (Å²) < 4.78 is 1.85. The number of aryl methyl sites for hydroxylation is 1. The lowest BCUT2D eigenvalue weighted by atomic mass is 10.1. The van der Waals surface area contributed by atoms with E-state index in [-0.39, 0.29) is 16.7 Å². The van der Waals surface area contributed by atoms with Crippen molar-refractivity contribution < 1.29 is 4.79 Å². The van der Waals surface area contributed by atoms with Crippen molar-refractivity contribution in [1.82, 2.24) is 14.8 Å². The fourth-order valence-electron chi connectivity index (χ4n) is 1.76. The van der Waals surface area contributed by atoms with Crippen molar-refractivity contribution in [2.75, 3.05) is 5.32 Å². The molecule has 1 N–H and O–H groups in total. The Labute approximate surface area is 126 Å². The number of rotatable bonds is 4.